The lowest BCUT2D eigenvalue weighted by molar-refractivity contribution is 0.0698. The molecule has 2 aromatic rings. The topological polar surface area (TPSA) is 50.2 Å². The van der Waals surface area contributed by atoms with Crippen LogP contribution < -0.4 is 0 Å². The highest BCUT2D eigenvalue weighted by atomic mass is 35.5. The summed E-state index contributed by atoms with van der Waals surface area (Å²) in [6, 6.07) is 5.22. The molecule has 0 fully saturated rings. The third-order valence-corrected chi connectivity index (χ3v) is 4.15. The second-order valence-corrected chi connectivity index (χ2v) is 5.40. The standard InChI is InChI=1S/C15H14ClNO2/c1-2-8-3-5-11-13(15(18)19)10-6-4-9(16)7-12(10)17-14(8)11/h4,6-8H,2-3,5H2,1H3,(H,18,19). The fraction of sp³-hybridized carbons (Fsp3) is 0.333. The number of carboxylic acids is 1. The quantitative estimate of drug-likeness (QED) is 0.900. The highest BCUT2D eigenvalue weighted by Gasteiger charge is 2.29. The number of aromatic carboxylic acids is 1. The Labute approximate surface area is 116 Å². The van der Waals surface area contributed by atoms with E-state index < -0.39 is 5.97 Å². The number of aromatic nitrogens is 1. The number of nitrogens with zero attached hydrogens (tertiary/aromatic N) is 1. The molecule has 0 aliphatic heterocycles. The van der Waals surface area contributed by atoms with E-state index in [4.69, 9.17) is 11.6 Å². The molecule has 0 bridgehead atoms. The summed E-state index contributed by atoms with van der Waals surface area (Å²) >= 11 is 5.98. The molecule has 3 nitrogen and oxygen atoms in total. The minimum Gasteiger partial charge on any atom is -0.478 e. The van der Waals surface area contributed by atoms with Crippen molar-refractivity contribution >= 4 is 28.5 Å². The van der Waals surface area contributed by atoms with Crippen molar-refractivity contribution in [3.63, 3.8) is 0 Å². The number of benzene rings is 1. The van der Waals surface area contributed by atoms with Gasteiger partial charge in [-0.15, -0.1) is 0 Å². The van der Waals surface area contributed by atoms with Crippen LogP contribution in [0, 0.1) is 0 Å². The summed E-state index contributed by atoms with van der Waals surface area (Å²) in [5.74, 6) is -0.501. The Bertz CT molecular complexity index is 681. The van der Waals surface area contributed by atoms with Crippen molar-refractivity contribution in [3.05, 3.63) is 40.0 Å². The minimum absolute atomic E-state index is 0.372. The van der Waals surface area contributed by atoms with Gasteiger partial charge in [0.05, 0.1) is 11.1 Å². The van der Waals surface area contributed by atoms with Crippen molar-refractivity contribution in [3.8, 4) is 0 Å². The van der Waals surface area contributed by atoms with Crippen LogP contribution in [0.25, 0.3) is 10.9 Å². The van der Waals surface area contributed by atoms with E-state index in [1.165, 1.54) is 0 Å². The molecule has 19 heavy (non-hydrogen) atoms. The van der Waals surface area contributed by atoms with Crippen LogP contribution in [0.3, 0.4) is 0 Å². The molecule has 1 atom stereocenters. The summed E-state index contributed by atoms with van der Waals surface area (Å²) in [6.45, 7) is 2.12. The van der Waals surface area contributed by atoms with Crippen molar-refractivity contribution < 1.29 is 9.90 Å². The molecule has 0 amide bonds. The monoisotopic (exact) mass is 275 g/mol. The molecule has 1 N–H and O–H groups in total. The molecule has 4 heteroatoms. The van der Waals surface area contributed by atoms with Gasteiger partial charge in [-0.25, -0.2) is 4.79 Å². The first-order valence-corrected chi connectivity index (χ1v) is 6.85. The number of hydrogen-bond donors (Lipinski definition) is 1. The normalized spacial score (nSPS) is 17.7. The molecule has 0 saturated carbocycles. The molecule has 0 spiro atoms. The van der Waals surface area contributed by atoms with Crippen molar-refractivity contribution in [1.82, 2.24) is 4.98 Å². The molecule has 1 unspecified atom stereocenters. The molecule has 1 heterocycles. The van der Waals surface area contributed by atoms with E-state index in [-0.39, 0.29) is 0 Å². The van der Waals surface area contributed by atoms with Gasteiger partial charge in [0.2, 0.25) is 0 Å². The molecule has 1 aromatic carbocycles. The zero-order chi connectivity index (χ0) is 13.6. The molecule has 3 rings (SSSR count). The van der Waals surface area contributed by atoms with Crippen LogP contribution in [0.15, 0.2) is 18.2 Å². The molecule has 1 aliphatic rings. The van der Waals surface area contributed by atoms with Gasteiger partial charge in [-0.1, -0.05) is 24.6 Å². The number of rotatable bonds is 2. The lowest BCUT2D eigenvalue weighted by atomic mass is 9.99. The smallest absolute Gasteiger partial charge is 0.336 e. The zero-order valence-electron chi connectivity index (χ0n) is 10.6. The summed E-state index contributed by atoms with van der Waals surface area (Å²) in [7, 11) is 0. The molecule has 0 radical (unpaired) electrons. The van der Waals surface area contributed by atoms with Gasteiger partial charge in [-0.3, -0.25) is 4.98 Å². The first-order valence-electron chi connectivity index (χ1n) is 6.47. The Hall–Kier alpha value is -1.61. The Morgan fingerprint density at radius 2 is 2.32 bits per heavy atom. The van der Waals surface area contributed by atoms with E-state index in [1.54, 1.807) is 18.2 Å². The highest BCUT2D eigenvalue weighted by molar-refractivity contribution is 6.31. The summed E-state index contributed by atoms with van der Waals surface area (Å²) in [6.07, 6.45) is 2.79. The lowest BCUT2D eigenvalue weighted by Gasteiger charge is -2.12. The van der Waals surface area contributed by atoms with Gasteiger partial charge in [0.1, 0.15) is 0 Å². The highest BCUT2D eigenvalue weighted by Crippen LogP contribution is 2.38. The minimum atomic E-state index is -0.872. The molecule has 0 saturated heterocycles. The summed E-state index contributed by atoms with van der Waals surface area (Å²) in [4.78, 5) is 16.3. The van der Waals surface area contributed by atoms with Gasteiger partial charge >= 0.3 is 5.97 Å². The maximum Gasteiger partial charge on any atom is 0.336 e. The van der Waals surface area contributed by atoms with Gasteiger partial charge in [-0.05, 0) is 37.0 Å². The molecule has 98 valence electrons. The summed E-state index contributed by atoms with van der Waals surface area (Å²) in [5.41, 5.74) is 2.96. The average Bonchev–Trinajstić information content (AvgIpc) is 2.77. The van der Waals surface area contributed by atoms with E-state index in [0.717, 1.165) is 30.5 Å². The van der Waals surface area contributed by atoms with Gasteiger partial charge < -0.3 is 5.11 Å². The molecular formula is C15H14ClNO2. The van der Waals surface area contributed by atoms with Gasteiger partial charge in [0.25, 0.3) is 0 Å². The number of hydrogen-bond acceptors (Lipinski definition) is 2. The largest absolute Gasteiger partial charge is 0.478 e. The number of carbonyl (C=O) groups is 1. The SMILES string of the molecule is CCC1CCc2c1nc1cc(Cl)ccc1c2C(=O)O. The van der Waals surface area contributed by atoms with Crippen molar-refractivity contribution in [1.29, 1.82) is 0 Å². The second-order valence-electron chi connectivity index (χ2n) is 4.96. The van der Waals surface area contributed by atoms with Crippen LogP contribution in [-0.4, -0.2) is 16.1 Å². The predicted octanol–water partition coefficient (Wildman–Crippen LogP) is 4.03. The molecule has 1 aromatic heterocycles. The Kier molecular flexibility index (Phi) is 2.94. The van der Waals surface area contributed by atoms with Crippen LogP contribution in [0.2, 0.25) is 5.02 Å². The predicted molar refractivity (Wildman–Crippen MR) is 75.1 cm³/mol. The van der Waals surface area contributed by atoms with Crippen LogP contribution in [-0.2, 0) is 6.42 Å². The zero-order valence-corrected chi connectivity index (χ0v) is 11.4. The van der Waals surface area contributed by atoms with Gasteiger partial charge in [0.15, 0.2) is 0 Å². The fourth-order valence-corrected chi connectivity index (χ4v) is 3.15. The summed E-state index contributed by atoms with van der Waals surface area (Å²) in [5, 5.41) is 10.8. The van der Waals surface area contributed by atoms with E-state index >= 15 is 0 Å². The third-order valence-electron chi connectivity index (χ3n) is 3.92. The van der Waals surface area contributed by atoms with E-state index in [9.17, 15) is 9.90 Å². The molecular weight excluding hydrogens is 262 g/mol. The van der Waals surface area contributed by atoms with E-state index in [2.05, 4.69) is 11.9 Å². The Morgan fingerprint density at radius 1 is 1.53 bits per heavy atom. The number of fused-ring (bicyclic) bond motifs is 2. The number of pyridine rings is 1. The maximum atomic E-state index is 11.6. The Morgan fingerprint density at radius 3 is 3.00 bits per heavy atom. The van der Waals surface area contributed by atoms with Crippen LogP contribution in [0.1, 0.15) is 47.3 Å². The first-order chi connectivity index (χ1) is 9.11. The fourth-order valence-electron chi connectivity index (χ4n) is 2.98. The summed E-state index contributed by atoms with van der Waals surface area (Å²) < 4.78 is 0. The van der Waals surface area contributed by atoms with Crippen molar-refractivity contribution in [2.24, 2.45) is 0 Å². The Balaban J connectivity index is 2.38. The first kappa shape index (κ1) is 12.4. The van der Waals surface area contributed by atoms with E-state index in [0.29, 0.717) is 27.4 Å². The van der Waals surface area contributed by atoms with Crippen LogP contribution in [0.4, 0.5) is 0 Å². The number of carboxylic acid groups (broad SMARTS) is 1. The third kappa shape index (κ3) is 1.89. The maximum absolute atomic E-state index is 11.6. The van der Waals surface area contributed by atoms with Gasteiger partial charge in [0, 0.05) is 22.0 Å². The molecule has 1 aliphatic carbocycles. The van der Waals surface area contributed by atoms with Crippen molar-refractivity contribution in [2.45, 2.75) is 32.1 Å². The second kappa shape index (κ2) is 4.49. The van der Waals surface area contributed by atoms with Crippen molar-refractivity contribution in [2.75, 3.05) is 0 Å². The number of halogens is 1. The van der Waals surface area contributed by atoms with Crippen LogP contribution >= 0.6 is 11.6 Å². The lowest BCUT2D eigenvalue weighted by Crippen LogP contribution is -2.06. The van der Waals surface area contributed by atoms with Crippen LogP contribution in [0.5, 0.6) is 0 Å². The van der Waals surface area contributed by atoms with E-state index in [1.807, 2.05) is 0 Å². The average molecular weight is 276 g/mol. The van der Waals surface area contributed by atoms with Gasteiger partial charge in [-0.2, -0.15) is 0 Å².